The van der Waals surface area contributed by atoms with Crippen LogP contribution < -0.4 is 10.9 Å². The Hall–Kier alpha value is -2.43. The molecule has 0 fully saturated rings. The quantitative estimate of drug-likeness (QED) is 0.853. The minimum Gasteiger partial charge on any atom is -0.354 e. The number of aromatic nitrogens is 2. The molecule has 5 nitrogen and oxygen atoms in total. The highest BCUT2D eigenvalue weighted by atomic mass is 16.1. The van der Waals surface area contributed by atoms with Gasteiger partial charge in [0.25, 0.3) is 5.56 Å². The SMILES string of the molecule is O=C(Cc1ccccc1)NCCn1ncccc1=O. The van der Waals surface area contributed by atoms with Crippen LogP contribution in [-0.4, -0.2) is 22.2 Å². The zero-order valence-electron chi connectivity index (χ0n) is 10.5. The van der Waals surface area contributed by atoms with E-state index in [1.54, 1.807) is 12.3 Å². The number of hydrogen-bond acceptors (Lipinski definition) is 3. The highest BCUT2D eigenvalue weighted by Crippen LogP contribution is 1.98. The van der Waals surface area contributed by atoms with Crippen LogP contribution in [0, 0.1) is 0 Å². The van der Waals surface area contributed by atoms with Gasteiger partial charge < -0.3 is 5.32 Å². The van der Waals surface area contributed by atoms with E-state index in [0.717, 1.165) is 5.56 Å². The minimum absolute atomic E-state index is 0.0600. The van der Waals surface area contributed by atoms with Crippen molar-refractivity contribution >= 4 is 5.91 Å². The van der Waals surface area contributed by atoms with Crippen LogP contribution in [0.5, 0.6) is 0 Å². The highest BCUT2D eigenvalue weighted by Gasteiger charge is 2.02. The van der Waals surface area contributed by atoms with Gasteiger partial charge in [-0.1, -0.05) is 30.3 Å². The van der Waals surface area contributed by atoms with Crippen LogP contribution in [0.15, 0.2) is 53.5 Å². The molecule has 19 heavy (non-hydrogen) atoms. The van der Waals surface area contributed by atoms with E-state index in [-0.39, 0.29) is 11.5 Å². The molecule has 0 aliphatic carbocycles. The summed E-state index contributed by atoms with van der Waals surface area (Å²) in [5, 5.41) is 6.68. The number of nitrogens with zero attached hydrogens (tertiary/aromatic N) is 2. The summed E-state index contributed by atoms with van der Waals surface area (Å²) in [6, 6.07) is 12.6. The van der Waals surface area contributed by atoms with Crippen LogP contribution in [0.25, 0.3) is 0 Å². The molecule has 1 aromatic heterocycles. The second-order valence-electron chi connectivity index (χ2n) is 4.10. The van der Waals surface area contributed by atoms with Gasteiger partial charge in [0.15, 0.2) is 0 Å². The predicted molar refractivity (Wildman–Crippen MR) is 71.7 cm³/mol. The van der Waals surface area contributed by atoms with Crippen LogP contribution in [0.2, 0.25) is 0 Å². The lowest BCUT2D eigenvalue weighted by Gasteiger charge is -2.06. The van der Waals surface area contributed by atoms with E-state index in [2.05, 4.69) is 10.4 Å². The molecule has 0 atom stereocenters. The fraction of sp³-hybridized carbons (Fsp3) is 0.214. The molecular formula is C14H15N3O2. The Bertz CT molecular complexity index is 593. The van der Waals surface area contributed by atoms with Gasteiger partial charge in [-0.25, -0.2) is 4.68 Å². The first-order valence-corrected chi connectivity index (χ1v) is 6.08. The summed E-state index contributed by atoms with van der Waals surface area (Å²) in [7, 11) is 0. The summed E-state index contributed by atoms with van der Waals surface area (Å²) in [6.07, 6.45) is 1.89. The maximum absolute atomic E-state index is 11.7. The van der Waals surface area contributed by atoms with Crippen molar-refractivity contribution < 1.29 is 4.79 Å². The molecule has 0 unspecified atom stereocenters. The second kappa shape index (κ2) is 6.49. The van der Waals surface area contributed by atoms with Gasteiger partial charge in [0.05, 0.1) is 13.0 Å². The molecule has 0 spiro atoms. The molecular weight excluding hydrogens is 242 g/mol. The highest BCUT2D eigenvalue weighted by molar-refractivity contribution is 5.78. The molecule has 1 aromatic carbocycles. The Kier molecular flexibility index (Phi) is 4.44. The predicted octanol–water partition coefficient (Wildman–Crippen LogP) is 0.602. The number of rotatable bonds is 5. The lowest BCUT2D eigenvalue weighted by molar-refractivity contribution is -0.120. The van der Waals surface area contributed by atoms with Gasteiger partial charge in [0, 0.05) is 18.8 Å². The molecule has 2 rings (SSSR count). The average molecular weight is 257 g/mol. The largest absolute Gasteiger partial charge is 0.354 e. The van der Waals surface area contributed by atoms with Crippen molar-refractivity contribution in [2.75, 3.05) is 6.54 Å². The number of carbonyl (C=O) groups excluding carboxylic acids is 1. The summed E-state index contributed by atoms with van der Waals surface area (Å²) in [5.41, 5.74) is 0.801. The van der Waals surface area contributed by atoms with Crippen molar-refractivity contribution in [1.82, 2.24) is 15.1 Å². The molecule has 0 radical (unpaired) electrons. The summed E-state index contributed by atoms with van der Waals surface area (Å²) in [5.74, 6) is -0.0600. The van der Waals surface area contributed by atoms with E-state index >= 15 is 0 Å². The van der Waals surface area contributed by atoms with Gasteiger partial charge >= 0.3 is 0 Å². The van der Waals surface area contributed by atoms with Gasteiger partial charge in [-0.2, -0.15) is 5.10 Å². The fourth-order valence-electron chi connectivity index (χ4n) is 1.70. The van der Waals surface area contributed by atoms with Crippen LogP contribution in [0.4, 0.5) is 0 Å². The molecule has 5 heteroatoms. The van der Waals surface area contributed by atoms with Crippen molar-refractivity contribution in [3.8, 4) is 0 Å². The van der Waals surface area contributed by atoms with Crippen molar-refractivity contribution in [2.24, 2.45) is 0 Å². The van der Waals surface area contributed by atoms with Crippen molar-refractivity contribution in [1.29, 1.82) is 0 Å². The first-order valence-electron chi connectivity index (χ1n) is 6.08. The van der Waals surface area contributed by atoms with E-state index in [1.807, 2.05) is 30.3 Å². The number of hydrogen-bond donors (Lipinski definition) is 1. The lowest BCUT2D eigenvalue weighted by Crippen LogP contribution is -2.32. The lowest BCUT2D eigenvalue weighted by atomic mass is 10.1. The third-order valence-corrected chi connectivity index (χ3v) is 2.64. The van der Waals surface area contributed by atoms with E-state index in [4.69, 9.17) is 0 Å². The fourth-order valence-corrected chi connectivity index (χ4v) is 1.70. The second-order valence-corrected chi connectivity index (χ2v) is 4.10. The van der Waals surface area contributed by atoms with Gasteiger partial charge in [0.2, 0.25) is 5.91 Å². The third-order valence-electron chi connectivity index (χ3n) is 2.64. The Labute approximate surface area is 110 Å². The summed E-state index contributed by atoms with van der Waals surface area (Å²) >= 11 is 0. The smallest absolute Gasteiger partial charge is 0.266 e. The monoisotopic (exact) mass is 257 g/mol. The molecule has 0 aliphatic rings. The van der Waals surface area contributed by atoms with E-state index in [0.29, 0.717) is 19.5 Å². The van der Waals surface area contributed by atoms with Crippen molar-refractivity contribution in [2.45, 2.75) is 13.0 Å². The van der Waals surface area contributed by atoms with Gasteiger partial charge in [-0.05, 0) is 11.6 Å². The van der Waals surface area contributed by atoms with Gasteiger partial charge in [-0.15, -0.1) is 0 Å². The Morgan fingerprint density at radius 3 is 2.68 bits per heavy atom. The third kappa shape index (κ3) is 4.06. The Morgan fingerprint density at radius 2 is 1.95 bits per heavy atom. The van der Waals surface area contributed by atoms with E-state index < -0.39 is 0 Å². The van der Waals surface area contributed by atoms with E-state index in [9.17, 15) is 9.59 Å². The Morgan fingerprint density at radius 1 is 1.16 bits per heavy atom. The molecule has 1 heterocycles. The molecule has 0 saturated carbocycles. The zero-order chi connectivity index (χ0) is 13.5. The molecule has 0 aliphatic heterocycles. The van der Waals surface area contributed by atoms with E-state index in [1.165, 1.54) is 10.7 Å². The Balaban J connectivity index is 1.79. The molecule has 1 amide bonds. The van der Waals surface area contributed by atoms with Gasteiger partial charge in [-0.3, -0.25) is 9.59 Å². The first-order chi connectivity index (χ1) is 9.25. The summed E-state index contributed by atoms with van der Waals surface area (Å²) in [4.78, 5) is 23.0. The van der Waals surface area contributed by atoms with Crippen LogP contribution in [0.1, 0.15) is 5.56 Å². The maximum Gasteiger partial charge on any atom is 0.266 e. The average Bonchev–Trinajstić information content (AvgIpc) is 2.42. The van der Waals surface area contributed by atoms with Crippen LogP contribution in [-0.2, 0) is 17.8 Å². The summed E-state index contributed by atoms with van der Waals surface area (Å²) in [6.45, 7) is 0.767. The van der Waals surface area contributed by atoms with Crippen LogP contribution >= 0.6 is 0 Å². The molecule has 2 aromatic rings. The number of amides is 1. The summed E-state index contributed by atoms with van der Waals surface area (Å²) < 4.78 is 1.32. The van der Waals surface area contributed by atoms with Gasteiger partial charge in [0.1, 0.15) is 0 Å². The topological polar surface area (TPSA) is 64.0 Å². The maximum atomic E-state index is 11.7. The molecule has 98 valence electrons. The number of nitrogens with one attached hydrogen (secondary N) is 1. The minimum atomic E-state index is -0.167. The number of carbonyl (C=O) groups is 1. The molecule has 0 saturated heterocycles. The van der Waals surface area contributed by atoms with Crippen molar-refractivity contribution in [3.63, 3.8) is 0 Å². The standard InChI is InChI=1S/C14H15N3O2/c18-13(11-12-5-2-1-3-6-12)15-9-10-17-14(19)7-4-8-16-17/h1-8H,9-11H2,(H,15,18). The van der Waals surface area contributed by atoms with Crippen LogP contribution in [0.3, 0.4) is 0 Å². The van der Waals surface area contributed by atoms with Crippen molar-refractivity contribution in [3.05, 3.63) is 64.6 Å². The normalized spacial score (nSPS) is 10.1. The molecule has 0 bridgehead atoms. The molecule has 1 N–H and O–H groups in total. The number of benzene rings is 1. The first kappa shape index (κ1) is 13.0. The zero-order valence-corrected chi connectivity index (χ0v) is 10.5.